The average Bonchev–Trinajstić information content (AvgIpc) is 3.09. The van der Waals surface area contributed by atoms with E-state index in [9.17, 15) is 4.79 Å². The molecule has 8 heteroatoms. The molecule has 100 valence electrons. The molecule has 0 aliphatic heterocycles. The largest absolute Gasteiger partial charge is 0.372 e. The maximum Gasteiger partial charge on any atom is 0.372 e. The topological polar surface area (TPSA) is 78.5 Å². The van der Waals surface area contributed by atoms with E-state index in [1.807, 2.05) is 30.3 Å². The van der Waals surface area contributed by atoms with E-state index < -0.39 is 6.03 Å². The molecule has 0 fully saturated rings. The zero-order chi connectivity index (χ0) is 13.9. The van der Waals surface area contributed by atoms with Gasteiger partial charge in [0.1, 0.15) is 18.5 Å². The van der Waals surface area contributed by atoms with Gasteiger partial charge >= 0.3 is 6.03 Å². The molecule has 0 aliphatic rings. The van der Waals surface area contributed by atoms with Crippen molar-refractivity contribution in [1.82, 2.24) is 29.5 Å². The van der Waals surface area contributed by atoms with Crippen LogP contribution in [0.1, 0.15) is 11.4 Å². The van der Waals surface area contributed by atoms with Crippen LogP contribution in [0.25, 0.3) is 0 Å². The number of hydrogen-bond donors (Lipinski definition) is 0. The second-order valence-corrected chi connectivity index (χ2v) is 4.70. The normalized spacial score (nSPS) is 10.7. The van der Waals surface area contributed by atoms with Crippen LogP contribution in [0.3, 0.4) is 0 Å². The van der Waals surface area contributed by atoms with Gasteiger partial charge in [-0.3, -0.25) is 0 Å². The van der Waals surface area contributed by atoms with Crippen molar-refractivity contribution in [2.75, 3.05) is 0 Å². The molecular weight excluding hydrogens is 324 g/mol. The molecule has 0 saturated heterocycles. The quantitative estimate of drug-likeness (QED) is 0.714. The maximum absolute atomic E-state index is 12.2. The minimum Gasteiger partial charge on any atom is -0.243 e. The molecule has 0 N–H and O–H groups in total. The number of aromatic nitrogens is 6. The van der Waals surface area contributed by atoms with E-state index in [1.54, 1.807) is 0 Å². The van der Waals surface area contributed by atoms with Crippen molar-refractivity contribution in [1.29, 1.82) is 0 Å². The first-order chi connectivity index (χ1) is 9.74. The molecule has 1 aromatic carbocycles. The highest BCUT2D eigenvalue weighted by molar-refractivity contribution is 9.10. The average molecular weight is 333 g/mol. The number of carbonyl (C=O) groups is 1. The fraction of sp³-hybridized carbons (Fsp3) is 0.0833. The van der Waals surface area contributed by atoms with E-state index in [1.165, 1.54) is 17.3 Å². The number of carbonyl (C=O) groups excluding carboxylic acids is 1. The van der Waals surface area contributed by atoms with Crippen molar-refractivity contribution in [2.24, 2.45) is 0 Å². The molecule has 2 aromatic heterocycles. The summed E-state index contributed by atoms with van der Waals surface area (Å²) in [5.74, 6) is 0.531. The lowest BCUT2D eigenvalue weighted by molar-refractivity contribution is 0.237. The van der Waals surface area contributed by atoms with Gasteiger partial charge in [-0.2, -0.15) is 14.5 Å². The molecule has 0 unspecified atom stereocenters. The minimum absolute atomic E-state index is 0.358. The van der Waals surface area contributed by atoms with Crippen molar-refractivity contribution in [3.05, 3.63) is 59.1 Å². The van der Waals surface area contributed by atoms with Gasteiger partial charge in [-0.1, -0.05) is 30.3 Å². The van der Waals surface area contributed by atoms with E-state index in [0.29, 0.717) is 17.0 Å². The highest BCUT2D eigenvalue weighted by Gasteiger charge is 2.17. The Morgan fingerprint density at radius 3 is 2.75 bits per heavy atom. The molecule has 7 nitrogen and oxygen atoms in total. The third-order valence-corrected chi connectivity index (χ3v) is 2.99. The summed E-state index contributed by atoms with van der Waals surface area (Å²) >= 11 is 3.19. The van der Waals surface area contributed by atoms with Gasteiger partial charge < -0.3 is 0 Å². The summed E-state index contributed by atoms with van der Waals surface area (Å²) in [5.41, 5.74) is 1.04. The predicted molar refractivity (Wildman–Crippen MR) is 73.2 cm³/mol. The van der Waals surface area contributed by atoms with Gasteiger partial charge in [-0.15, -0.1) is 5.10 Å². The van der Waals surface area contributed by atoms with E-state index >= 15 is 0 Å². The van der Waals surface area contributed by atoms with E-state index in [0.717, 1.165) is 10.2 Å². The lowest BCUT2D eigenvalue weighted by atomic mass is 10.1. The lowest BCUT2D eigenvalue weighted by Gasteiger charge is -2.03. The van der Waals surface area contributed by atoms with E-state index in [-0.39, 0.29) is 0 Å². The summed E-state index contributed by atoms with van der Waals surface area (Å²) in [6, 6.07) is 9.31. The van der Waals surface area contributed by atoms with Crippen LogP contribution in [0.15, 0.2) is 47.7 Å². The molecule has 0 bridgehead atoms. The molecule has 0 saturated carbocycles. The standard InChI is InChI=1S/C12H9BrN6O/c13-11-16-10(6-9-4-2-1-3-5-9)19(17-11)12(20)18-8-14-7-15-18/h1-5,7-8H,6H2. The summed E-state index contributed by atoms with van der Waals surface area (Å²) < 4.78 is 2.68. The third kappa shape index (κ3) is 2.50. The molecule has 3 rings (SSSR count). The van der Waals surface area contributed by atoms with Crippen molar-refractivity contribution in [3.63, 3.8) is 0 Å². The zero-order valence-corrected chi connectivity index (χ0v) is 11.8. The molecule has 0 spiro atoms. The van der Waals surface area contributed by atoms with Crippen molar-refractivity contribution >= 4 is 22.0 Å². The van der Waals surface area contributed by atoms with Gasteiger partial charge in [-0.25, -0.2) is 14.8 Å². The summed E-state index contributed by atoms with van der Waals surface area (Å²) in [5, 5.41) is 7.85. The monoisotopic (exact) mass is 332 g/mol. The number of halogens is 1. The Bertz CT molecular complexity index is 722. The Balaban J connectivity index is 1.94. The summed E-state index contributed by atoms with van der Waals surface area (Å²) in [4.78, 5) is 20.2. The van der Waals surface area contributed by atoms with Crippen LogP contribution in [0.5, 0.6) is 0 Å². The van der Waals surface area contributed by atoms with Gasteiger partial charge in [0.2, 0.25) is 4.73 Å². The molecule has 0 aliphatic carbocycles. The van der Waals surface area contributed by atoms with Gasteiger partial charge in [0.15, 0.2) is 0 Å². The van der Waals surface area contributed by atoms with Gasteiger partial charge in [-0.05, 0) is 21.5 Å². The fourth-order valence-corrected chi connectivity index (χ4v) is 2.13. The van der Waals surface area contributed by atoms with Gasteiger partial charge in [0, 0.05) is 6.42 Å². The highest BCUT2D eigenvalue weighted by Crippen LogP contribution is 2.11. The fourth-order valence-electron chi connectivity index (χ4n) is 1.77. The summed E-state index contributed by atoms with van der Waals surface area (Å²) in [7, 11) is 0. The van der Waals surface area contributed by atoms with Crippen LogP contribution in [-0.2, 0) is 6.42 Å². The number of benzene rings is 1. The molecule has 0 radical (unpaired) electrons. The summed E-state index contributed by atoms with van der Waals surface area (Å²) in [6.07, 6.45) is 3.12. The van der Waals surface area contributed by atoms with Crippen LogP contribution in [0.2, 0.25) is 0 Å². The van der Waals surface area contributed by atoms with Crippen LogP contribution in [0.4, 0.5) is 4.79 Å². The maximum atomic E-state index is 12.2. The Kier molecular flexibility index (Phi) is 3.38. The van der Waals surface area contributed by atoms with Crippen molar-refractivity contribution in [3.8, 4) is 0 Å². The molecule has 0 atom stereocenters. The summed E-state index contributed by atoms with van der Waals surface area (Å²) in [6.45, 7) is 0. The number of nitrogens with zero attached hydrogens (tertiary/aromatic N) is 6. The van der Waals surface area contributed by atoms with E-state index in [2.05, 4.69) is 36.1 Å². The predicted octanol–water partition coefficient (Wildman–Crippen LogP) is 1.74. The van der Waals surface area contributed by atoms with E-state index in [4.69, 9.17) is 0 Å². The Hall–Kier alpha value is -2.35. The lowest BCUT2D eigenvalue weighted by Crippen LogP contribution is -2.23. The van der Waals surface area contributed by atoms with Crippen LogP contribution >= 0.6 is 15.9 Å². The Morgan fingerprint density at radius 1 is 1.25 bits per heavy atom. The Morgan fingerprint density at radius 2 is 2.05 bits per heavy atom. The molecule has 0 amide bonds. The van der Waals surface area contributed by atoms with Gasteiger partial charge in [0.05, 0.1) is 0 Å². The zero-order valence-electron chi connectivity index (χ0n) is 10.2. The Labute approximate surface area is 122 Å². The van der Waals surface area contributed by atoms with Crippen LogP contribution in [-0.4, -0.2) is 35.6 Å². The first kappa shape index (κ1) is 12.7. The number of rotatable bonds is 2. The number of hydrogen-bond acceptors (Lipinski definition) is 5. The molecule has 2 heterocycles. The smallest absolute Gasteiger partial charge is 0.243 e. The third-order valence-electron chi connectivity index (χ3n) is 2.65. The molecular formula is C12H9BrN6O. The van der Waals surface area contributed by atoms with Crippen molar-refractivity contribution < 1.29 is 4.79 Å². The SMILES string of the molecule is O=C(n1cncn1)n1nc(Br)nc1Cc1ccccc1. The van der Waals surface area contributed by atoms with Crippen LogP contribution in [0, 0.1) is 0 Å². The van der Waals surface area contributed by atoms with Crippen molar-refractivity contribution in [2.45, 2.75) is 6.42 Å². The minimum atomic E-state index is -0.424. The second-order valence-electron chi connectivity index (χ2n) is 3.99. The second kappa shape index (κ2) is 5.33. The molecule has 20 heavy (non-hydrogen) atoms. The van der Waals surface area contributed by atoms with Crippen LogP contribution < -0.4 is 0 Å². The molecule has 3 aromatic rings. The highest BCUT2D eigenvalue weighted by atomic mass is 79.9. The van der Waals surface area contributed by atoms with Gasteiger partial charge in [0.25, 0.3) is 0 Å². The first-order valence-electron chi connectivity index (χ1n) is 5.79. The first-order valence-corrected chi connectivity index (χ1v) is 6.58.